The van der Waals surface area contributed by atoms with Crippen LogP contribution in [0.2, 0.25) is 0 Å². The van der Waals surface area contributed by atoms with Crippen molar-refractivity contribution in [1.82, 2.24) is 9.62 Å². The van der Waals surface area contributed by atoms with Gasteiger partial charge in [-0.2, -0.15) is 0 Å². The Bertz CT molecular complexity index is 517. The first-order chi connectivity index (χ1) is 9.97. The normalized spacial score (nSPS) is 12.0. The second-order valence-corrected chi connectivity index (χ2v) is 7.02. The molecule has 0 heterocycles. The molecule has 1 rings (SSSR count). The van der Waals surface area contributed by atoms with Crippen LogP contribution in [0.4, 0.5) is 0 Å². The van der Waals surface area contributed by atoms with Crippen LogP contribution in [0.15, 0.2) is 24.3 Å². The summed E-state index contributed by atoms with van der Waals surface area (Å²) in [6.07, 6.45) is 2.06. The first-order valence-electron chi connectivity index (χ1n) is 7.20. The number of hydrogen-bond acceptors (Lipinski definition) is 4. The first-order valence-corrected chi connectivity index (χ1v) is 9.04. The van der Waals surface area contributed by atoms with E-state index in [0.717, 1.165) is 25.1 Å². The van der Waals surface area contributed by atoms with Crippen LogP contribution >= 0.6 is 0 Å². The Balaban J connectivity index is 2.29. The summed E-state index contributed by atoms with van der Waals surface area (Å²) in [5.74, 6) is 0. The van der Waals surface area contributed by atoms with E-state index in [1.54, 1.807) is 7.11 Å². The maximum Gasteiger partial charge on any atom is 0.211 e. The Morgan fingerprint density at radius 1 is 1.29 bits per heavy atom. The van der Waals surface area contributed by atoms with Gasteiger partial charge in [-0.3, -0.25) is 0 Å². The number of benzene rings is 1. The highest BCUT2D eigenvalue weighted by atomic mass is 32.2. The molecule has 21 heavy (non-hydrogen) atoms. The average molecular weight is 314 g/mol. The van der Waals surface area contributed by atoms with Crippen molar-refractivity contribution in [3.63, 3.8) is 0 Å². The number of methoxy groups -OCH3 is 1. The van der Waals surface area contributed by atoms with E-state index in [-0.39, 0.29) is 0 Å². The minimum atomic E-state index is -3.07. The van der Waals surface area contributed by atoms with Gasteiger partial charge in [-0.05, 0) is 24.1 Å². The summed E-state index contributed by atoms with van der Waals surface area (Å²) in [5.41, 5.74) is 2.37. The van der Waals surface area contributed by atoms with Crippen molar-refractivity contribution in [2.75, 3.05) is 33.0 Å². The topological polar surface area (TPSA) is 58.6 Å². The van der Waals surface area contributed by atoms with E-state index < -0.39 is 10.0 Å². The van der Waals surface area contributed by atoms with Crippen molar-refractivity contribution in [2.45, 2.75) is 26.5 Å². The minimum absolute atomic E-state index is 0.526. The molecule has 0 unspecified atom stereocenters. The van der Waals surface area contributed by atoms with E-state index in [0.29, 0.717) is 19.7 Å². The van der Waals surface area contributed by atoms with Crippen LogP contribution < -0.4 is 5.32 Å². The molecule has 6 heteroatoms. The molecule has 0 radical (unpaired) electrons. The summed E-state index contributed by atoms with van der Waals surface area (Å²) in [6, 6.07) is 8.25. The molecule has 1 aromatic carbocycles. The summed E-state index contributed by atoms with van der Waals surface area (Å²) >= 11 is 0. The molecule has 0 saturated carbocycles. The molecule has 0 fully saturated rings. The average Bonchev–Trinajstić information content (AvgIpc) is 2.42. The number of rotatable bonds is 10. The summed E-state index contributed by atoms with van der Waals surface area (Å²) in [4.78, 5) is 0. The van der Waals surface area contributed by atoms with Gasteiger partial charge in [-0.15, -0.1) is 0 Å². The van der Waals surface area contributed by atoms with Gasteiger partial charge >= 0.3 is 0 Å². The second kappa shape index (κ2) is 9.15. The number of nitrogens with zero attached hydrogens (tertiary/aromatic N) is 1. The smallest absolute Gasteiger partial charge is 0.211 e. The Kier molecular flexibility index (Phi) is 7.88. The molecule has 0 aliphatic carbocycles. The fourth-order valence-electron chi connectivity index (χ4n) is 2.17. The number of ether oxygens (including phenoxy) is 1. The molecule has 0 aliphatic heterocycles. The molecular formula is C15H26N2O3S. The molecular weight excluding hydrogens is 288 g/mol. The van der Waals surface area contributed by atoms with Crippen molar-refractivity contribution < 1.29 is 13.2 Å². The van der Waals surface area contributed by atoms with Crippen LogP contribution in [0, 0.1) is 0 Å². The van der Waals surface area contributed by atoms with Crippen molar-refractivity contribution in [3.8, 4) is 0 Å². The lowest BCUT2D eigenvalue weighted by Gasteiger charge is -2.17. The van der Waals surface area contributed by atoms with E-state index >= 15 is 0 Å². The molecule has 0 amide bonds. The predicted molar refractivity (Wildman–Crippen MR) is 85.6 cm³/mol. The van der Waals surface area contributed by atoms with Crippen LogP contribution in [0.5, 0.6) is 0 Å². The third-order valence-corrected chi connectivity index (χ3v) is 4.59. The third-order valence-electron chi connectivity index (χ3n) is 3.21. The molecule has 0 atom stereocenters. The van der Waals surface area contributed by atoms with E-state index in [2.05, 4.69) is 17.4 Å². The van der Waals surface area contributed by atoms with Gasteiger partial charge in [0.1, 0.15) is 0 Å². The van der Waals surface area contributed by atoms with Crippen molar-refractivity contribution in [3.05, 3.63) is 35.4 Å². The molecule has 0 aliphatic rings. The summed E-state index contributed by atoms with van der Waals surface area (Å²) in [7, 11) is -1.39. The van der Waals surface area contributed by atoms with Gasteiger partial charge in [-0.1, -0.05) is 31.2 Å². The zero-order valence-corrected chi connectivity index (χ0v) is 13.9. The number of sulfonamides is 1. The summed E-state index contributed by atoms with van der Waals surface area (Å²) in [5, 5.41) is 3.34. The maximum absolute atomic E-state index is 11.4. The molecule has 5 nitrogen and oxygen atoms in total. The van der Waals surface area contributed by atoms with Gasteiger partial charge in [0.25, 0.3) is 0 Å². The Hall–Kier alpha value is -0.950. The Labute approximate surface area is 128 Å². The molecule has 0 spiro atoms. The lowest BCUT2D eigenvalue weighted by molar-refractivity contribution is 0.185. The summed E-state index contributed by atoms with van der Waals surface area (Å²) in [6.45, 7) is 5.14. The predicted octanol–water partition coefficient (Wildman–Crippen LogP) is 1.59. The summed E-state index contributed by atoms with van der Waals surface area (Å²) < 4.78 is 29.5. The van der Waals surface area contributed by atoms with Crippen molar-refractivity contribution >= 4 is 10.0 Å². The standard InChI is InChI=1S/C15H26N2O3S/c1-4-17(21(3,18)19)10-6-9-16-12-14-7-5-8-15(11-14)13-20-2/h5,7-8,11,16H,4,6,9-10,12-13H2,1-3H3. The molecule has 0 bridgehead atoms. The monoisotopic (exact) mass is 314 g/mol. The van der Waals surface area contributed by atoms with E-state index in [1.807, 2.05) is 19.1 Å². The largest absolute Gasteiger partial charge is 0.380 e. The lowest BCUT2D eigenvalue weighted by Crippen LogP contribution is -2.32. The quantitative estimate of drug-likeness (QED) is 0.666. The maximum atomic E-state index is 11.4. The number of nitrogens with one attached hydrogen (secondary N) is 1. The zero-order chi connectivity index (χ0) is 15.7. The zero-order valence-electron chi connectivity index (χ0n) is 13.1. The lowest BCUT2D eigenvalue weighted by atomic mass is 10.1. The molecule has 120 valence electrons. The van der Waals surface area contributed by atoms with Gasteiger partial charge in [0.15, 0.2) is 0 Å². The van der Waals surface area contributed by atoms with Gasteiger partial charge in [0.05, 0.1) is 12.9 Å². The third kappa shape index (κ3) is 7.04. The molecule has 1 aromatic rings. The highest BCUT2D eigenvalue weighted by molar-refractivity contribution is 7.88. The highest BCUT2D eigenvalue weighted by Gasteiger charge is 2.12. The highest BCUT2D eigenvalue weighted by Crippen LogP contribution is 2.06. The van der Waals surface area contributed by atoms with Crippen molar-refractivity contribution in [1.29, 1.82) is 0 Å². The fourth-order valence-corrected chi connectivity index (χ4v) is 3.10. The fraction of sp³-hybridized carbons (Fsp3) is 0.600. The SMILES string of the molecule is CCN(CCCNCc1cccc(COC)c1)S(C)(=O)=O. The van der Waals surface area contributed by atoms with Gasteiger partial charge in [-0.25, -0.2) is 12.7 Å². The van der Waals surface area contributed by atoms with Gasteiger partial charge in [0, 0.05) is 26.7 Å². The number of hydrogen-bond donors (Lipinski definition) is 1. The van der Waals surface area contributed by atoms with Crippen LogP contribution in [-0.4, -0.2) is 45.7 Å². The first kappa shape index (κ1) is 18.1. The molecule has 0 saturated heterocycles. The van der Waals surface area contributed by atoms with Crippen LogP contribution in [-0.2, 0) is 27.9 Å². The van der Waals surface area contributed by atoms with E-state index in [4.69, 9.17) is 4.74 Å². The van der Waals surface area contributed by atoms with Crippen LogP contribution in [0.25, 0.3) is 0 Å². The van der Waals surface area contributed by atoms with Crippen molar-refractivity contribution in [2.24, 2.45) is 0 Å². The Morgan fingerprint density at radius 3 is 2.62 bits per heavy atom. The van der Waals surface area contributed by atoms with E-state index in [1.165, 1.54) is 16.1 Å². The molecule has 0 aromatic heterocycles. The van der Waals surface area contributed by atoms with Gasteiger partial charge in [0.2, 0.25) is 10.0 Å². The minimum Gasteiger partial charge on any atom is -0.380 e. The Morgan fingerprint density at radius 2 is 2.00 bits per heavy atom. The second-order valence-electron chi connectivity index (χ2n) is 5.04. The van der Waals surface area contributed by atoms with Gasteiger partial charge < -0.3 is 10.1 Å². The van der Waals surface area contributed by atoms with E-state index in [9.17, 15) is 8.42 Å². The van der Waals surface area contributed by atoms with Crippen LogP contribution in [0.3, 0.4) is 0 Å². The molecule has 1 N–H and O–H groups in total. The van der Waals surface area contributed by atoms with Crippen LogP contribution in [0.1, 0.15) is 24.5 Å².